The zero-order valence-electron chi connectivity index (χ0n) is 12.7. The van der Waals surface area contributed by atoms with Crippen LogP contribution in [-0.2, 0) is 4.79 Å². The quantitative estimate of drug-likeness (QED) is 0.922. The predicted molar refractivity (Wildman–Crippen MR) is 81.9 cm³/mol. The van der Waals surface area contributed by atoms with E-state index in [1.165, 1.54) is 25.5 Å². The number of nitriles is 1. The summed E-state index contributed by atoms with van der Waals surface area (Å²) in [4.78, 5) is 22.7. The molecule has 6 nitrogen and oxygen atoms in total. The van der Waals surface area contributed by atoms with Crippen LogP contribution < -0.4 is 5.32 Å². The van der Waals surface area contributed by atoms with Crippen molar-refractivity contribution in [3.8, 4) is 6.07 Å². The molecule has 1 N–H and O–H groups in total. The lowest BCUT2D eigenvalue weighted by Gasteiger charge is -2.26. The first kappa shape index (κ1) is 14.8. The summed E-state index contributed by atoms with van der Waals surface area (Å²) >= 11 is 0. The van der Waals surface area contributed by atoms with Gasteiger partial charge in [-0.15, -0.1) is 0 Å². The number of hydrogen-bond acceptors (Lipinski definition) is 5. The minimum absolute atomic E-state index is 0.217. The number of carbonyl (C=O) groups is 1. The molecule has 1 aromatic heterocycles. The fraction of sp³-hybridized carbons (Fsp3) is 0.625. The maximum Gasteiger partial charge on any atom is 0.225 e. The van der Waals surface area contributed by atoms with Gasteiger partial charge in [0, 0.05) is 25.0 Å². The van der Waals surface area contributed by atoms with Gasteiger partial charge in [0.15, 0.2) is 5.69 Å². The second kappa shape index (κ2) is 6.73. The summed E-state index contributed by atoms with van der Waals surface area (Å²) in [5.41, 5.74) is 0.311. The van der Waals surface area contributed by atoms with Crippen molar-refractivity contribution >= 4 is 11.7 Å². The van der Waals surface area contributed by atoms with Crippen LogP contribution in [0.5, 0.6) is 0 Å². The minimum atomic E-state index is 0.217. The lowest BCUT2D eigenvalue weighted by molar-refractivity contribution is -0.135. The summed E-state index contributed by atoms with van der Waals surface area (Å²) in [7, 11) is 0. The lowest BCUT2D eigenvalue weighted by atomic mass is 9.88. The van der Waals surface area contributed by atoms with Gasteiger partial charge in [-0.3, -0.25) is 4.79 Å². The van der Waals surface area contributed by atoms with Crippen LogP contribution in [0, 0.1) is 17.2 Å². The third-order valence-electron chi connectivity index (χ3n) is 4.57. The first-order valence-corrected chi connectivity index (χ1v) is 8.04. The van der Waals surface area contributed by atoms with Gasteiger partial charge in [0.25, 0.3) is 0 Å². The van der Waals surface area contributed by atoms with E-state index in [0.29, 0.717) is 17.4 Å². The Kier molecular flexibility index (Phi) is 4.52. The molecule has 1 saturated heterocycles. The average Bonchev–Trinajstić information content (AvgIpc) is 3.04. The highest BCUT2D eigenvalue weighted by atomic mass is 16.2. The average molecular weight is 299 g/mol. The Balaban J connectivity index is 1.53. The second-order valence-corrected chi connectivity index (χ2v) is 6.15. The molecule has 1 saturated carbocycles. The van der Waals surface area contributed by atoms with Crippen molar-refractivity contribution in [2.75, 3.05) is 18.4 Å². The first-order valence-electron chi connectivity index (χ1n) is 8.04. The molecule has 1 atom stereocenters. The van der Waals surface area contributed by atoms with Gasteiger partial charge in [-0.1, -0.05) is 19.3 Å². The van der Waals surface area contributed by atoms with E-state index in [0.717, 1.165) is 32.4 Å². The largest absolute Gasteiger partial charge is 0.364 e. The van der Waals surface area contributed by atoms with Crippen LogP contribution in [0.3, 0.4) is 0 Å². The molecule has 1 aliphatic carbocycles. The number of rotatable bonds is 3. The minimum Gasteiger partial charge on any atom is -0.364 e. The molecule has 0 radical (unpaired) electrons. The van der Waals surface area contributed by atoms with Crippen LogP contribution in [0.4, 0.5) is 5.82 Å². The van der Waals surface area contributed by atoms with E-state index in [9.17, 15) is 4.79 Å². The van der Waals surface area contributed by atoms with E-state index in [-0.39, 0.29) is 12.0 Å². The van der Waals surface area contributed by atoms with Gasteiger partial charge in [-0.05, 0) is 19.3 Å². The Hall–Kier alpha value is -2.16. The van der Waals surface area contributed by atoms with E-state index in [4.69, 9.17) is 5.26 Å². The summed E-state index contributed by atoms with van der Waals surface area (Å²) < 4.78 is 0. The molecular weight excluding hydrogens is 278 g/mol. The monoisotopic (exact) mass is 299 g/mol. The second-order valence-electron chi connectivity index (χ2n) is 6.15. The number of nitrogens with one attached hydrogen (secondary N) is 1. The molecule has 0 aromatic carbocycles. The third kappa shape index (κ3) is 3.35. The highest BCUT2D eigenvalue weighted by Crippen LogP contribution is 2.27. The lowest BCUT2D eigenvalue weighted by Crippen LogP contribution is -2.36. The number of hydrogen-bond donors (Lipinski definition) is 1. The van der Waals surface area contributed by atoms with E-state index in [2.05, 4.69) is 15.3 Å². The van der Waals surface area contributed by atoms with Crippen molar-refractivity contribution in [1.29, 1.82) is 5.26 Å². The Bertz CT molecular complexity index is 559. The number of aromatic nitrogens is 2. The van der Waals surface area contributed by atoms with E-state index >= 15 is 0 Å². The fourth-order valence-electron chi connectivity index (χ4n) is 3.36. The number of amides is 1. The van der Waals surface area contributed by atoms with Crippen molar-refractivity contribution < 1.29 is 4.79 Å². The highest BCUT2D eigenvalue weighted by molar-refractivity contribution is 5.79. The molecule has 0 bridgehead atoms. The molecule has 116 valence electrons. The summed E-state index contributed by atoms with van der Waals surface area (Å²) in [6.45, 7) is 1.55. The maximum absolute atomic E-state index is 12.5. The van der Waals surface area contributed by atoms with Crippen LogP contribution in [0.2, 0.25) is 0 Å². The highest BCUT2D eigenvalue weighted by Gasteiger charge is 2.31. The van der Waals surface area contributed by atoms with Gasteiger partial charge in [-0.25, -0.2) is 9.97 Å². The number of carbonyl (C=O) groups excluding carboxylic acids is 1. The molecule has 1 aromatic rings. The Morgan fingerprint density at radius 1 is 1.23 bits per heavy atom. The van der Waals surface area contributed by atoms with E-state index < -0.39 is 0 Å². The molecule has 1 amide bonds. The molecule has 6 heteroatoms. The Labute approximate surface area is 130 Å². The standard InChI is InChI=1S/C16H21N5O/c17-8-14-9-19-15(10-18-14)20-13-6-7-21(11-13)16(22)12-4-2-1-3-5-12/h9-10,12-13H,1-7,11H2,(H,19,20). The molecule has 1 aliphatic heterocycles. The van der Waals surface area contributed by atoms with Gasteiger partial charge >= 0.3 is 0 Å². The maximum atomic E-state index is 12.5. The summed E-state index contributed by atoms with van der Waals surface area (Å²) in [5, 5.41) is 12.0. The normalized spacial score (nSPS) is 22.3. The molecule has 0 spiro atoms. The van der Waals surface area contributed by atoms with Crippen molar-refractivity contribution in [2.45, 2.75) is 44.6 Å². The van der Waals surface area contributed by atoms with E-state index in [1.807, 2.05) is 11.0 Å². The SMILES string of the molecule is N#Cc1cnc(NC2CCN(C(=O)C3CCCCC3)C2)cn1. The fourth-order valence-corrected chi connectivity index (χ4v) is 3.36. The van der Waals surface area contributed by atoms with Gasteiger partial charge in [-0.2, -0.15) is 5.26 Å². The van der Waals surface area contributed by atoms with Crippen molar-refractivity contribution in [3.05, 3.63) is 18.1 Å². The smallest absolute Gasteiger partial charge is 0.225 e. The first-order chi connectivity index (χ1) is 10.8. The van der Waals surface area contributed by atoms with Gasteiger partial charge in [0.2, 0.25) is 5.91 Å². The molecule has 2 heterocycles. The molecule has 1 unspecified atom stereocenters. The molecule has 22 heavy (non-hydrogen) atoms. The molecule has 2 aliphatic rings. The summed E-state index contributed by atoms with van der Waals surface area (Å²) in [5.74, 6) is 1.23. The predicted octanol–water partition coefficient (Wildman–Crippen LogP) is 1.94. The van der Waals surface area contributed by atoms with Gasteiger partial charge in [0.1, 0.15) is 11.9 Å². The Morgan fingerprint density at radius 3 is 2.73 bits per heavy atom. The molecular formula is C16H21N5O. The third-order valence-corrected chi connectivity index (χ3v) is 4.57. The van der Waals surface area contributed by atoms with Gasteiger partial charge < -0.3 is 10.2 Å². The van der Waals surface area contributed by atoms with Crippen molar-refractivity contribution in [2.24, 2.45) is 5.92 Å². The van der Waals surface area contributed by atoms with Crippen molar-refractivity contribution in [1.82, 2.24) is 14.9 Å². The van der Waals surface area contributed by atoms with Crippen LogP contribution in [0.1, 0.15) is 44.2 Å². The van der Waals surface area contributed by atoms with Crippen LogP contribution in [0.15, 0.2) is 12.4 Å². The topological polar surface area (TPSA) is 81.9 Å². The summed E-state index contributed by atoms with van der Waals surface area (Å²) in [6, 6.07) is 2.17. The van der Waals surface area contributed by atoms with Crippen LogP contribution in [-0.4, -0.2) is 39.9 Å². The number of anilines is 1. The van der Waals surface area contributed by atoms with Crippen LogP contribution >= 0.6 is 0 Å². The van der Waals surface area contributed by atoms with Crippen LogP contribution in [0.25, 0.3) is 0 Å². The number of nitrogens with zero attached hydrogens (tertiary/aromatic N) is 4. The Morgan fingerprint density at radius 2 is 2.05 bits per heavy atom. The van der Waals surface area contributed by atoms with Crippen molar-refractivity contribution in [3.63, 3.8) is 0 Å². The zero-order valence-corrected chi connectivity index (χ0v) is 12.7. The van der Waals surface area contributed by atoms with Gasteiger partial charge in [0.05, 0.1) is 12.4 Å². The zero-order chi connectivity index (χ0) is 15.4. The summed E-state index contributed by atoms with van der Waals surface area (Å²) in [6.07, 6.45) is 9.71. The number of likely N-dealkylation sites (tertiary alicyclic amines) is 1. The van der Waals surface area contributed by atoms with E-state index in [1.54, 1.807) is 6.20 Å². The molecule has 2 fully saturated rings. The molecule has 3 rings (SSSR count).